The Morgan fingerprint density at radius 2 is 1.94 bits per heavy atom. The fraction of sp³-hybridized carbons (Fsp3) is 0.188. The molecule has 0 unspecified atom stereocenters. The number of carbonyl (C=O) groups is 1. The minimum absolute atomic E-state index is 0.0956. The maximum absolute atomic E-state index is 11.3. The Bertz CT molecular complexity index is 570. The van der Waals surface area contributed by atoms with Crippen LogP contribution in [-0.4, -0.2) is 5.78 Å². The lowest BCUT2D eigenvalue weighted by atomic mass is 10.1. The topological polar surface area (TPSA) is 26.3 Å². The van der Waals surface area contributed by atoms with E-state index in [1.54, 1.807) is 0 Å². The zero-order chi connectivity index (χ0) is 12.8. The molecule has 0 heterocycles. The number of benzene rings is 2. The van der Waals surface area contributed by atoms with Gasteiger partial charge in [0.25, 0.3) is 0 Å². The molecule has 18 heavy (non-hydrogen) atoms. The Balaban J connectivity index is 2.06. The highest BCUT2D eigenvalue weighted by Gasteiger charge is 1.96. The van der Waals surface area contributed by atoms with E-state index in [1.165, 1.54) is 17.7 Å². The summed E-state index contributed by atoms with van der Waals surface area (Å²) in [4.78, 5) is 11.3. The number of ketones is 1. The maximum atomic E-state index is 11.3. The van der Waals surface area contributed by atoms with Gasteiger partial charge in [-0.25, -0.2) is 0 Å². The van der Waals surface area contributed by atoms with Gasteiger partial charge in [-0.05, 0) is 29.3 Å². The van der Waals surface area contributed by atoms with E-state index in [0.29, 0.717) is 6.42 Å². The van der Waals surface area contributed by atoms with Crippen molar-refractivity contribution in [1.29, 1.82) is 0 Å². The van der Waals surface area contributed by atoms with Crippen LogP contribution in [0.1, 0.15) is 19.8 Å². The van der Waals surface area contributed by atoms with Gasteiger partial charge in [-0.15, -0.1) is 0 Å². The summed E-state index contributed by atoms with van der Waals surface area (Å²) >= 11 is 0. The second kappa shape index (κ2) is 6.01. The summed E-state index contributed by atoms with van der Waals surface area (Å²) in [5.74, 6) is 0.840. The van der Waals surface area contributed by atoms with Crippen LogP contribution in [0.3, 0.4) is 0 Å². The van der Waals surface area contributed by atoms with Gasteiger partial charge in [0.05, 0.1) is 6.26 Å². The lowest BCUT2D eigenvalue weighted by Gasteiger charge is -2.02. The molecule has 0 fully saturated rings. The average Bonchev–Trinajstić information content (AvgIpc) is 2.39. The second-order valence-electron chi connectivity index (χ2n) is 4.15. The fourth-order valence-electron chi connectivity index (χ4n) is 1.76. The van der Waals surface area contributed by atoms with E-state index in [2.05, 4.69) is 6.07 Å². The van der Waals surface area contributed by atoms with E-state index in [0.717, 1.165) is 17.6 Å². The lowest BCUT2D eigenvalue weighted by molar-refractivity contribution is -0.114. The Hall–Kier alpha value is -2.09. The van der Waals surface area contributed by atoms with Crippen LogP contribution in [0.25, 0.3) is 10.8 Å². The second-order valence-corrected chi connectivity index (χ2v) is 4.15. The van der Waals surface area contributed by atoms with Crippen molar-refractivity contribution in [2.45, 2.75) is 19.8 Å². The summed E-state index contributed by atoms with van der Waals surface area (Å²) < 4.78 is 5.43. The van der Waals surface area contributed by atoms with Gasteiger partial charge in [-0.1, -0.05) is 37.3 Å². The van der Waals surface area contributed by atoms with Gasteiger partial charge in [0, 0.05) is 12.5 Å². The van der Waals surface area contributed by atoms with Crippen LogP contribution in [0.4, 0.5) is 0 Å². The van der Waals surface area contributed by atoms with Gasteiger partial charge in [0.15, 0.2) is 5.78 Å². The van der Waals surface area contributed by atoms with Crippen molar-refractivity contribution in [3.8, 4) is 5.75 Å². The SMILES string of the molecule is CCCC(=O)C=COc1ccc2ccccc2c1. The minimum Gasteiger partial charge on any atom is -0.465 e. The van der Waals surface area contributed by atoms with Crippen molar-refractivity contribution in [3.63, 3.8) is 0 Å². The molecular formula is C16H16O2. The van der Waals surface area contributed by atoms with Gasteiger partial charge in [0.1, 0.15) is 5.75 Å². The van der Waals surface area contributed by atoms with Crippen molar-refractivity contribution in [1.82, 2.24) is 0 Å². The van der Waals surface area contributed by atoms with Crippen molar-refractivity contribution in [2.75, 3.05) is 0 Å². The van der Waals surface area contributed by atoms with E-state index in [4.69, 9.17) is 4.74 Å². The molecule has 2 heteroatoms. The van der Waals surface area contributed by atoms with Crippen molar-refractivity contribution < 1.29 is 9.53 Å². The highest BCUT2D eigenvalue weighted by atomic mass is 16.5. The molecule has 0 bridgehead atoms. The van der Waals surface area contributed by atoms with E-state index >= 15 is 0 Å². The Labute approximate surface area is 107 Å². The summed E-state index contributed by atoms with van der Waals surface area (Å²) in [7, 11) is 0. The first kappa shape index (κ1) is 12.4. The summed E-state index contributed by atoms with van der Waals surface area (Å²) in [6.45, 7) is 1.98. The van der Waals surface area contributed by atoms with E-state index in [1.807, 2.05) is 43.3 Å². The van der Waals surface area contributed by atoms with Gasteiger partial charge in [0.2, 0.25) is 0 Å². The van der Waals surface area contributed by atoms with Gasteiger partial charge in [-0.3, -0.25) is 4.79 Å². The molecule has 0 spiro atoms. The first-order valence-corrected chi connectivity index (χ1v) is 6.14. The Morgan fingerprint density at radius 1 is 1.17 bits per heavy atom. The third-order valence-electron chi connectivity index (χ3n) is 2.68. The molecule has 0 saturated heterocycles. The Kier molecular flexibility index (Phi) is 4.13. The molecule has 0 amide bonds. The molecule has 0 N–H and O–H groups in total. The van der Waals surface area contributed by atoms with Crippen LogP contribution in [0, 0.1) is 0 Å². The number of rotatable bonds is 5. The average molecular weight is 240 g/mol. The number of hydrogen-bond acceptors (Lipinski definition) is 2. The lowest BCUT2D eigenvalue weighted by Crippen LogP contribution is -1.92. The largest absolute Gasteiger partial charge is 0.465 e. The highest BCUT2D eigenvalue weighted by molar-refractivity contribution is 5.89. The molecule has 2 nitrogen and oxygen atoms in total. The third-order valence-corrected chi connectivity index (χ3v) is 2.68. The first-order valence-electron chi connectivity index (χ1n) is 6.14. The van der Waals surface area contributed by atoms with Crippen LogP contribution < -0.4 is 4.74 Å². The fourth-order valence-corrected chi connectivity index (χ4v) is 1.76. The first-order chi connectivity index (χ1) is 8.79. The number of hydrogen-bond donors (Lipinski definition) is 0. The number of carbonyl (C=O) groups excluding carboxylic acids is 1. The standard InChI is InChI=1S/C16H16O2/c1-2-5-15(17)10-11-18-16-9-8-13-6-3-4-7-14(13)12-16/h3-4,6-12H,2,5H2,1H3. The predicted molar refractivity (Wildman–Crippen MR) is 73.6 cm³/mol. The molecule has 2 aromatic carbocycles. The predicted octanol–water partition coefficient (Wildman–Crippen LogP) is 4.10. The van der Waals surface area contributed by atoms with Gasteiger partial charge < -0.3 is 4.74 Å². The van der Waals surface area contributed by atoms with Crippen LogP contribution >= 0.6 is 0 Å². The van der Waals surface area contributed by atoms with Gasteiger partial charge in [-0.2, -0.15) is 0 Å². The molecule has 2 rings (SSSR count). The van der Waals surface area contributed by atoms with E-state index < -0.39 is 0 Å². The van der Waals surface area contributed by atoms with Gasteiger partial charge >= 0.3 is 0 Å². The van der Waals surface area contributed by atoms with Crippen LogP contribution in [0.15, 0.2) is 54.8 Å². The molecule has 0 saturated carbocycles. The zero-order valence-electron chi connectivity index (χ0n) is 10.4. The zero-order valence-corrected chi connectivity index (χ0v) is 10.4. The number of allylic oxidation sites excluding steroid dienone is 1. The van der Waals surface area contributed by atoms with E-state index in [9.17, 15) is 4.79 Å². The molecule has 0 aromatic heterocycles. The number of ether oxygens (including phenoxy) is 1. The highest BCUT2D eigenvalue weighted by Crippen LogP contribution is 2.20. The maximum Gasteiger partial charge on any atom is 0.158 e. The minimum atomic E-state index is 0.0956. The quantitative estimate of drug-likeness (QED) is 0.581. The van der Waals surface area contributed by atoms with Crippen molar-refractivity contribution in [2.24, 2.45) is 0 Å². The van der Waals surface area contributed by atoms with Crippen molar-refractivity contribution in [3.05, 3.63) is 54.8 Å². The van der Waals surface area contributed by atoms with Crippen LogP contribution in [0.2, 0.25) is 0 Å². The molecule has 2 aromatic rings. The summed E-state index contributed by atoms with van der Waals surface area (Å²) in [5, 5.41) is 2.30. The molecular weight excluding hydrogens is 224 g/mol. The summed E-state index contributed by atoms with van der Waals surface area (Å²) in [6, 6.07) is 14.0. The van der Waals surface area contributed by atoms with Crippen LogP contribution in [0.5, 0.6) is 5.75 Å². The van der Waals surface area contributed by atoms with E-state index in [-0.39, 0.29) is 5.78 Å². The smallest absolute Gasteiger partial charge is 0.158 e. The molecule has 0 aliphatic carbocycles. The van der Waals surface area contributed by atoms with Crippen LogP contribution in [-0.2, 0) is 4.79 Å². The monoisotopic (exact) mass is 240 g/mol. The summed E-state index contributed by atoms with van der Waals surface area (Å²) in [5.41, 5.74) is 0. The molecule has 0 atom stereocenters. The van der Waals surface area contributed by atoms with Crippen molar-refractivity contribution >= 4 is 16.6 Å². The molecule has 0 aliphatic rings. The molecule has 0 aliphatic heterocycles. The normalized spacial score (nSPS) is 10.9. The molecule has 0 radical (unpaired) electrons. The Morgan fingerprint density at radius 3 is 2.72 bits per heavy atom. The third kappa shape index (κ3) is 3.20. The molecule has 92 valence electrons. The number of fused-ring (bicyclic) bond motifs is 1. The summed E-state index contributed by atoms with van der Waals surface area (Å²) in [6.07, 6.45) is 4.37.